The van der Waals surface area contributed by atoms with Crippen molar-refractivity contribution >= 4 is 11.9 Å². The third kappa shape index (κ3) is 2.98. The first-order valence-electron chi connectivity index (χ1n) is 5.61. The van der Waals surface area contributed by atoms with E-state index in [-0.39, 0.29) is 23.0 Å². The van der Waals surface area contributed by atoms with Crippen LogP contribution in [0.1, 0.15) is 21.7 Å². The van der Waals surface area contributed by atoms with Crippen LogP contribution >= 0.6 is 0 Å². The zero-order chi connectivity index (χ0) is 14.0. The van der Waals surface area contributed by atoms with Gasteiger partial charge in [0, 0.05) is 11.4 Å². The molecule has 0 spiro atoms. The topological polar surface area (TPSA) is 95.3 Å². The van der Waals surface area contributed by atoms with Crippen LogP contribution in [-0.4, -0.2) is 26.1 Å². The third-order valence-corrected chi connectivity index (χ3v) is 2.43. The van der Waals surface area contributed by atoms with Crippen molar-refractivity contribution in [3.63, 3.8) is 0 Å². The molecule has 1 heterocycles. The lowest BCUT2D eigenvalue weighted by Gasteiger charge is -2.07. The smallest absolute Gasteiger partial charge is 0.261 e. The van der Waals surface area contributed by atoms with Gasteiger partial charge in [-0.05, 0) is 38.1 Å². The molecule has 1 amide bonds. The van der Waals surface area contributed by atoms with Gasteiger partial charge in [-0.25, -0.2) is 9.97 Å². The van der Waals surface area contributed by atoms with Crippen LogP contribution in [0.5, 0.6) is 11.5 Å². The number of amides is 1. The average Bonchev–Trinajstić information content (AvgIpc) is 2.30. The summed E-state index contributed by atoms with van der Waals surface area (Å²) in [6.07, 6.45) is 0. The maximum absolute atomic E-state index is 11.9. The molecule has 0 saturated carbocycles. The van der Waals surface area contributed by atoms with Gasteiger partial charge in [-0.2, -0.15) is 0 Å². The van der Waals surface area contributed by atoms with Crippen LogP contribution in [0.25, 0.3) is 0 Å². The van der Waals surface area contributed by atoms with Gasteiger partial charge in [-0.3, -0.25) is 10.1 Å². The molecule has 98 valence electrons. The molecule has 0 radical (unpaired) electrons. The summed E-state index contributed by atoms with van der Waals surface area (Å²) in [5.74, 6) is -0.757. The number of rotatable bonds is 2. The Labute approximate surface area is 109 Å². The number of hydrogen-bond donors (Lipinski definition) is 3. The standard InChI is InChI=1S/C13H13N3O3/c1-7-5-8(2)15-13(14-7)16-12(19)10-6-9(17)3-4-11(10)18/h3-6,17-18H,1-2H3,(H,14,15,16,19). The second-order valence-electron chi connectivity index (χ2n) is 4.13. The number of hydrogen-bond acceptors (Lipinski definition) is 5. The summed E-state index contributed by atoms with van der Waals surface area (Å²) < 4.78 is 0. The van der Waals surface area contributed by atoms with E-state index in [1.165, 1.54) is 18.2 Å². The Morgan fingerprint density at radius 2 is 1.74 bits per heavy atom. The van der Waals surface area contributed by atoms with Crippen molar-refractivity contribution in [3.05, 3.63) is 41.2 Å². The lowest BCUT2D eigenvalue weighted by Crippen LogP contribution is -2.15. The van der Waals surface area contributed by atoms with Crippen molar-refractivity contribution in [1.82, 2.24) is 9.97 Å². The van der Waals surface area contributed by atoms with Gasteiger partial charge in [-0.1, -0.05) is 0 Å². The minimum atomic E-state index is -0.585. The fourth-order valence-corrected chi connectivity index (χ4v) is 1.66. The number of nitrogens with one attached hydrogen (secondary N) is 1. The molecule has 6 heteroatoms. The van der Waals surface area contributed by atoms with Gasteiger partial charge >= 0.3 is 0 Å². The molecule has 0 aliphatic carbocycles. The summed E-state index contributed by atoms with van der Waals surface area (Å²) >= 11 is 0. The molecular weight excluding hydrogens is 246 g/mol. The van der Waals surface area contributed by atoms with E-state index in [9.17, 15) is 15.0 Å². The minimum Gasteiger partial charge on any atom is -0.508 e. The number of aromatic hydroxyl groups is 2. The molecule has 0 bridgehead atoms. The van der Waals surface area contributed by atoms with E-state index in [0.29, 0.717) is 0 Å². The van der Waals surface area contributed by atoms with E-state index < -0.39 is 5.91 Å². The second kappa shape index (κ2) is 4.93. The van der Waals surface area contributed by atoms with Crippen LogP contribution in [0, 0.1) is 13.8 Å². The van der Waals surface area contributed by atoms with Crippen LogP contribution in [0.4, 0.5) is 5.95 Å². The number of phenols is 2. The Bertz CT molecular complexity index is 621. The Morgan fingerprint density at radius 3 is 2.37 bits per heavy atom. The number of benzene rings is 1. The lowest BCUT2D eigenvalue weighted by molar-refractivity contribution is 0.102. The Kier molecular flexibility index (Phi) is 3.33. The summed E-state index contributed by atoms with van der Waals surface area (Å²) in [7, 11) is 0. The number of nitrogens with zero attached hydrogens (tertiary/aromatic N) is 2. The van der Waals surface area contributed by atoms with Crippen LogP contribution in [0.15, 0.2) is 24.3 Å². The minimum absolute atomic E-state index is 0.0391. The Morgan fingerprint density at radius 1 is 1.11 bits per heavy atom. The molecule has 6 nitrogen and oxygen atoms in total. The van der Waals surface area contributed by atoms with Gasteiger partial charge in [-0.15, -0.1) is 0 Å². The third-order valence-electron chi connectivity index (χ3n) is 2.43. The second-order valence-corrected chi connectivity index (χ2v) is 4.13. The molecular formula is C13H13N3O3. The molecule has 0 fully saturated rings. The monoisotopic (exact) mass is 259 g/mol. The molecule has 3 N–H and O–H groups in total. The number of aryl methyl sites for hydroxylation is 2. The van der Waals surface area contributed by atoms with Crippen molar-refractivity contribution in [2.75, 3.05) is 5.32 Å². The molecule has 1 aromatic carbocycles. The van der Waals surface area contributed by atoms with Gasteiger partial charge in [0.1, 0.15) is 11.5 Å². The first-order valence-corrected chi connectivity index (χ1v) is 5.61. The predicted molar refractivity (Wildman–Crippen MR) is 69.2 cm³/mol. The van der Waals surface area contributed by atoms with Gasteiger partial charge in [0.15, 0.2) is 0 Å². The van der Waals surface area contributed by atoms with Gasteiger partial charge < -0.3 is 10.2 Å². The van der Waals surface area contributed by atoms with Crippen LogP contribution in [0.2, 0.25) is 0 Å². The molecule has 0 aliphatic rings. The van der Waals surface area contributed by atoms with Crippen molar-refractivity contribution in [1.29, 1.82) is 0 Å². The summed E-state index contributed by atoms with van der Waals surface area (Å²) in [6, 6.07) is 5.49. The average molecular weight is 259 g/mol. The number of phenolic OH excluding ortho intramolecular Hbond substituents is 2. The van der Waals surface area contributed by atoms with E-state index >= 15 is 0 Å². The summed E-state index contributed by atoms with van der Waals surface area (Å²) in [6.45, 7) is 3.58. The summed E-state index contributed by atoms with van der Waals surface area (Å²) in [5, 5.41) is 21.4. The molecule has 0 saturated heterocycles. The molecule has 1 aromatic heterocycles. The number of carbonyl (C=O) groups is 1. The SMILES string of the molecule is Cc1cc(C)nc(NC(=O)c2cc(O)ccc2O)n1. The Balaban J connectivity index is 2.28. The molecule has 19 heavy (non-hydrogen) atoms. The predicted octanol–water partition coefficient (Wildman–Crippen LogP) is 1.76. The molecule has 0 unspecified atom stereocenters. The fourth-order valence-electron chi connectivity index (χ4n) is 1.66. The van der Waals surface area contributed by atoms with E-state index in [4.69, 9.17) is 0 Å². The summed E-state index contributed by atoms with van der Waals surface area (Å²) in [4.78, 5) is 20.1. The van der Waals surface area contributed by atoms with Crippen molar-refractivity contribution in [2.24, 2.45) is 0 Å². The highest BCUT2D eigenvalue weighted by molar-refractivity contribution is 6.05. The lowest BCUT2D eigenvalue weighted by atomic mass is 10.2. The molecule has 0 aliphatic heterocycles. The van der Waals surface area contributed by atoms with E-state index in [1.54, 1.807) is 19.9 Å². The maximum Gasteiger partial charge on any atom is 0.261 e. The highest BCUT2D eigenvalue weighted by Crippen LogP contribution is 2.22. The van der Waals surface area contributed by atoms with E-state index in [1.807, 2.05) is 0 Å². The van der Waals surface area contributed by atoms with Crippen molar-refractivity contribution in [3.8, 4) is 11.5 Å². The normalized spacial score (nSPS) is 10.2. The first-order chi connectivity index (χ1) is 8.95. The summed E-state index contributed by atoms with van der Waals surface area (Å²) in [5.41, 5.74) is 1.41. The van der Waals surface area contributed by atoms with Gasteiger partial charge in [0.05, 0.1) is 5.56 Å². The number of carbonyl (C=O) groups excluding carboxylic acids is 1. The highest BCUT2D eigenvalue weighted by atomic mass is 16.3. The Hall–Kier alpha value is -2.63. The largest absolute Gasteiger partial charge is 0.508 e. The number of anilines is 1. The van der Waals surface area contributed by atoms with Gasteiger partial charge in [0.25, 0.3) is 5.91 Å². The van der Waals surface area contributed by atoms with E-state index in [2.05, 4.69) is 15.3 Å². The van der Waals surface area contributed by atoms with Crippen LogP contribution < -0.4 is 5.32 Å². The highest BCUT2D eigenvalue weighted by Gasteiger charge is 2.13. The first kappa shape index (κ1) is 12.8. The molecule has 2 rings (SSSR count). The molecule has 2 aromatic rings. The zero-order valence-electron chi connectivity index (χ0n) is 10.5. The van der Waals surface area contributed by atoms with Crippen LogP contribution in [0.3, 0.4) is 0 Å². The fraction of sp³-hybridized carbons (Fsp3) is 0.154. The quantitative estimate of drug-likeness (QED) is 0.714. The van der Waals surface area contributed by atoms with Crippen LogP contribution in [-0.2, 0) is 0 Å². The zero-order valence-corrected chi connectivity index (χ0v) is 10.5. The van der Waals surface area contributed by atoms with Crippen molar-refractivity contribution < 1.29 is 15.0 Å². The van der Waals surface area contributed by atoms with E-state index in [0.717, 1.165) is 11.4 Å². The van der Waals surface area contributed by atoms with Gasteiger partial charge in [0.2, 0.25) is 5.95 Å². The maximum atomic E-state index is 11.9. The van der Waals surface area contributed by atoms with Crippen molar-refractivity contribution in [2.45, 2.75) is 13.8 Å². The molecule has 0 atom stereocenters. The number of aromatic nitrogens is 2.